The van der Waals surface area contributed by atoms with Crippen LogP contribution in [0.5, 0.6) is 5.75 Å². The minimum Gasteiger partial charge on any atom is -0.491 e. The van der Waals surface area contributed by atoms with E-state index >= 15 is 0 Å². The highest BCUT2D eigenvalue weighted by Gasteiger charge is 2.07. The number of hydrogen-bond donors (Lipinski definition) is 1. The van der Waals surface area contributed by atoms with Crippen molar-refractivity contribution in [2.45, 2.75) is 25.2 Å². The minimum atomic E-state index is -0.978. The molecule has 1 unspecified atom stereocenters. The van der Waals surface area contributed by atoms with Gasteiger partial charge in [0.05, 0.1) is 23.1 Å². The van der Waals surface area contributed by atoms with Crippen LogP contribution in [-0.4, -0.2) is 16.6 Å². The molecular formula is C17H21NO2S. The molecular weight excluding hydrogens is 282 g/mol. The molecule has 0 bridgehead atoms. The van der Waals surface area contributed by atoms with E-state index in [9.17, 15) is 4.21 Å². The maximum absolute atomic E-state index is 12.3. The molecule has 0 aliphatic carbocycles. The molecule has 0 saturated carbocycles. The predicted octanol–water partition coefficient (Wildman–Crippen LogP) is 3.46. The van der Waals surface area contributed by atoms with E-state index < -0.39 is 10.8 Å². The van der Waals surface area contributed by atoms with Crippen LogP contribution in [0, 0.1) is 13.8 Å². The standard InChI is InChI=1S/C17H21NO2S/c1-13-8-9-17(14(2)12-13)21(19)11-5-10-20-16-7-4-3-6-15(16)18/h3-4,6-9,12H,5,10-11,18H2,1-2H3. The van der Waals surface area contributed by atoms with Crippen molar-refractivity contribution in [2.75, 3.05) is 18.1 Å². The summed E-state index contributed by atoms with van der Waals surface area (Å²) in [5.41, 5.74) is 8.71. The fourth-order valence-electron chi connectivity index (χ4n) is 2.15. The number of para-hydroxylation sites is 2. The summed E-state index contributed by atoms with van der Waals surface area (Å²) < 4.78 is 17.9. The number of nitrogens with two attached hydrogens (primary N) is 1. The lowest BCUT2D eigenvalue weighted by Gasteiger charge is -2.09. The Morgan fingerprint density at radius 1 is 1.14 bits per heavy atom. The van der Waals surface area contributed by atoms with Crippen LogP contribution >= 0.6 is 0 Å². The maximum Gasteiger partial charge on any atom is 0.142 e. The van der Waals surface area contributed by atoms with E-state index in [0.717, 1.165) is 16.9 Å². The van der Waals surface area contributed by atoms with Crippen LogP contribution in [0.3, 0.4) is 0 Å². The van der Waals surface area contributed by atoms with Crippen molar-refractivity contribution in [1.29, 1.82) is 0 Å². The van der Waals surface area contributed by atoms with Crippen LogP contribution in [-0.2, 0) is 10.8 Å². The molecule has 3 nitrogen and oxygen atoms in total. The van der Waals surface area contributed by atoms with E-state index in [1.54, 1.807) is 0 Å². The van der Waals surface area contributed by atoms with Gasteiger partial charge >= 0.3 is 0 Å². The van der Waals surface area contributed by atoms with Gasteiger partial charge in [-0.3, -0.25) is 4.21 Å². The molecule has 0 aromatic heterocycles. The van der Waals surface area contributed by atoms with E-state index in [0.29, 0.717) is 23.8 Å². The first-order valence-corrected chi connectivity index (χ1v) is 8.33. The van der Waals surface area contributed by atoms with Crippen molar-refractivity contribution in [3.8, 4) is 5.75 Å². The van der Waals surface area contributed by atoms with Gasteiger partial charge in [0.2, 0.25) is 0 Å². The van der Waals surface area contributed by atoms with Gasteiger partial charge in [-0.1, -0.05) is 29.8 Å². The fraction of sp³-hybridized carbons (Fsp3) is 0.294. The maximum atomic E-state index is 12.3. The van der Waals surface area contributed by atoms with Crippen LogP contribution < -0.4 is 10.5 Å². The Morgan fingerprint density at radius 3 is 2.62 bits per heavy atom. The summed E-state index contributed by atoms with van der Waals surface area (Å²) in [6.07, 6.45) is 0.730. The van der Waals surface area contributed by atoms with E-state index in [4.69, 9.17) is 10.5 Å². The van der Waals surface area contributed by atoms with Crippen molar-refractivity contribution in [1.82, 2.24) is 0 Å². The third-order valence-corrected chi connectivity index (χ3v) is 4.83. The molecule has 0 saturated heterocycles. The van der Waals surface area contributed by atoms with Gasteiger partial charge in [-0.25, -0.2) is 0 Å². The minimum absolute atomic E-state index is 0.519. The average molecular weight is 303 g/mol. The van der Waals surface area contributed by atoms with Gasteiger partial charge in [0.1, 0.15) is 5.75 Å². The second-order valence-electron chi connectivity index (χ2n) is 5.06. The summed E-state index contributed by atoms with van der Waals surface area (Å²) in [6.45, 7) is 4.56. The summed E-state index contributed by atoms with van der Waals surface area (Å²) in [5, 5.41) is 0. The van der Waals surface area contributed by atoms with Gasteiger partial charge in [-0.15, -0.1) is 0 Å². The zero-order valence-electron chi connectivity index (χ0n) is 12.5. The van der Waals surface area contributed by atoms with E-state index in [1.165, 1.54) is 5.56 Å². The van der Waals surface area contributed by atoms with Gasteiger partial charge in [0.25, 0.3) is 0 Å². The molecule has 2 aromatic rings. The summed E-state index contributed by atoms with van der Waals surface area (Å²) in [5.74, 6) is 1.28. The van der Waals surface area contributed by atoms with Gasteiger partial charge in [0, 0.05) is 10.6 Å². The van der Waals surface area contributed by atoms with Crippen LogP contribution in [0.1, 0.15) is 17.5 Å². The van der Waals surface area contributed by atoms with Crippen molar-refractivity contribution >= 4 is 16.5 Å². The Balaban J connectivity index is 1.83. The number of benzene rings is 2. The Bertz CT molecular complexity index is 640. The Kier molecular flexibility index (Phi) is 5.39. The molecule has 0 radical (unpaired) electrons. The van der Waals surface area contributed by atoms with Gasteiger partial charge in [-0.2, -0.15) is 0 Å². The zero-order valence-corrected chi connectivity index (χ0v) is 13.3. The molecule has 112 valence electrons. The van der Waals surface area contributed by atoms with Crippen LogP contribution in [0.15, 0.2) is 47.4 Å². The topological polar surface area (TPSA) is 52.3 Å². The third-order valence-electron chi connectivity index (χ3n) is 3.23. The molecule has 0 amide bonds. The molecule has 0 spiro atoms. The lowest BCUT2D eigenvalue weighted by Crippen LogP contribution is -2.07. The highest BCUT2D eigenvalue weighted by atomic mass is 32.2. The molecule has 21 heavy (non-hydrogen) atoms. The molecule has 4 heteroatoms. The van der Waals surface area contributed by atoms with Gasteiger partial charge < -0.3 is 10.5 Å². The number of rotatable bonds is 6. The first-order chi connectivity index (χ1) is 10.1. The molecule has 1 atom stereocenters. The second-order valence-corrected chi connectivity index (χ2v) is 6.60. The Hall–Kier alpha value is -1.81. The molecule has 0 aliphatic rings. The summed E-state index contributed by atoms with van der Waals surface area (Å²) in [6, 6.07) is 13.4. The molecule has 0 heterocycles. The third kappa shape index (κ3) is 4.33. The lowest BCUT2D eigenvalue weighted by atomic mass is 10.2. The van der Waals surface area contributed by atoms with E-state index in [-0.39, 0.29) is 0 Å². The van der Waals surface area contributed by atoms with Crippen molar-refractivity contribution in [2.24, 2.45) is 0 Å². The monoisotopic (exact) mass is 303 g/mol. The second kappa shape index (κ2) is 7.27. The van der Waals surface area contributed by atoms with Crippen LogP contribution in [0.2, 0.25) is 0 Å². The average Bonchev–Trinajstić information content (AvgIpc) is 2.45. The SMILES string of the molecule is Cc1ccc(S(=O)CCCOc2ccccc2N)c(C)c1. The quantitative estimate of drug-likeness (QED) is 0.657. The number of nitrogen functional groups attached to an aromatic ring is 1. The molecule has 0 fully saturated rings. The highest BCUT2D eigenvalue weighted by Crippen LogP contribution is 2.20. The van der Waals surface area contributed by atoms with Crippen molar-refractivity contribution < 1.29 is 8.95 Å². The van der Waals surface area contributed by atoms with Crippen LogP contribution in [0.25, 0.3) is 0 Å². The predicted molar refractivity (Wildman–Crippen MR) is 88.2 cm³/mol. The van der Waals surface area contributed by atoms with Crippen LogP contribution in [0.4, 0.5) is 5.69 Å². The molecule has 2 aromatic carbocycles. The number of hydrogen-bond acceptors (Lipinski definition) is 3. The number of ether oxygens (including phenoxy) is 1. The normalized spacial score (nSPS) is 12.1. The Labute approximate surface area is 128 Å². The van der Waals surface area contributed by atoms with E-state index in [1.807, 2.05) is 50.2 Å². The molecule has 0 aliphatic heterocycles. The summed E-state index contributed by atoms with van der Waals surface area (Å²) >= 11 is 0. The number of aryl methyl sites for hydroxylation is 2. The summed E-state index contributed by atoms with van der Waals surface area (Å²) in [4.78, 5) is 0.917. The fourth-order valence-corrected chi connectivity index (χ4v) is 3.39. The largest absolute Gasteiger partial charge is 0.491 e. The first kappa shape index (κ1) is 15.6. The zero-order chi connectivity index (χ0) is 15.2. The first-order valence-electron chi connectivity index (χ1n) is 7.01. The Morgan fingerprint density at radius 2 is 1.90 bits per heavy atom. The lowest BCUT2D eigenvalue weighted by molar-refractivity contribution is 0.320. The highest BCUT2D eigenvalue weighted by molar-refractivity contribution is 7.85. The molecule has 2 rings (SSSR count). The number of anilines is 1. The molecule has 2 N–H and O–H groups in total. The van der Waals surface area contributed by atoms with Gasteiger partial charge in [-0.05, 0) is 44.0 Å². The van der Waals surface area contributed by atoms with Crippen molar-refractivity contribution in [3.63, 3.8) is 0 Å². The van der Waals surface area contributed by atoms with E-state index in [2.05, 4.69) is 6.07 Å². The van der Waals surface area contributed by atoms with Gasteiger partial charge in [0.15, 0.2) is 0 Å². The smallest absolute Gasteiger partial charge is 0.142 e. The van der Waals surface area contributed by atoms with Crippen molar-refractivity contribution in [3.05, 3.63) is 53.6 Å². The summed E-state index contributed by atoms with van der Waals surface area (Å²) in [7, 11) is -0.978.